The van der Waals surface area contributed by atoms with Crippen molar-refractivity contribution in [1.29, 1.82) is 0 Å². The summed E-state index contributed by atoms with van der Waals surface area (Å²) in [6.45, 7) is 0. The molecule has 0 unspecified atom stereocenters. The molecule has 0 aliphatic heterocycles. The van der Waals surface area contributed by atoms with E-state index in [0.29, 0.717) is 10.7 Å². The number of nitrogens with zero attached hydrogens (tertiary/aromatic N) is 1. The summed E-state index contributed by atoms with van der Waals surface area (Å²) in [5, 5.41) is 13.9. The fraction of sp³-hybridized carbons (Fsp3) is 0.125. The molecule has 0 bridgehead atoms. The number of anilines is 1. The van der Waals surface area contributed by atoms with Crippen LogP contribution in [-0.2, 0) is 0 Å². The Kier molecular flexibility index (Phi) is 3.48. The number of rotatable bonds is 1. The summed E-state index contributed by atoms with van der Waals surface area (Å²) in [6.07, 6.45) is 0. The maximum atomic E-state index is 9.47. The summed E-state index contributed by atoms with van der Waals surface area (Å²) >= 11 is 10.5. The number of halogens is 1. The summed E-state index contributed by atoms with van der Waals surface area (Å²) in [6, 6.07) is 6.70. The molecule has 13 heavy (non-hydrogen) atoms. The lowest BCUT2D eigenvalue weighted by Gasteiger charge is -2.16. The highest BCUT2D eigenvalue weighted by Crippen LogP contribution is 2.16. The highest BCUT2D eigenvalue weighted by Gasteiger charge is 2.06. The SMILES string of the molecule is CNC(=S)N(O)c1ccc(Cl)cc1. The first-order chi connectivity index (χ1) is 6.15. The Balaban J connectivity index is 2.83. The second-order valence-corrected chi connectivity index (χ2v) is 3.17. The second kappa shape index (κ2) is 4.41. The molecule has 1 rings (SSSR count). The molecule has 0 fully saturated rings. The predicted molar refractivity (Wildman–Crippen MR) is 57.4 cm³/mol. The van der Waals surface area contributed by atoms with Crippen molar-refractivity contribution in [2.45, 2.75) is 0 Å². The van der Waals surface area contributed by atoms with Gasteiger partial charge in [-0.15, -0.1) is 0 Å². The van der Waals surface area contributed by atoms with Gasteiger partial charge < -0.3 is 5.32 Å². The maximum absolute atomic E-state index is 9.47. The summed E-state index contributed by atoms with van der Waals surface area (Å²) < 4.78 is 0. The topological polar surface area (TPSA) is 35.5 Å². The molecule has 0 aromatic heterocycles. The Morgan fingerprint density at radius 3 is 2.46 bits per heavy atom. The summed E-state index contributed by atoms with van der Waals surface area (Å²) in [4.78, 5) is 0. The molecule has 1 aromatic carbocycles. The number of hydrogen-bond acceptors (Lipinski definition) is 2. The molecule has 70 valence electrons. The zero-order valence-corrected chi connectivity index (χ0v) is 8.56. The third kappa shape index (κ3) is 2.55. The van der Waals surface area contributed by atoms with Crippen molar-refractivity contribution < 1.29 is 5.21 Å². The van der Waals surface area contributed by atoms with E-state index in [-0.39, 0.29) is 5.11 Å². The number of nitrogens with one attached hydrogen (secondary N) is 1. The minimum Gasteiger partial charge on any atom is -0.364 e. The number of benzene rings is 1. The molecule has 0 amide bonds. The average molecular weight is 217 g/mol. The first-order valence-corrected chi connectivity index (χ1v) is 4.40. The third-order valence-corrected chi connectivity index (χ3v) is 2.11. The average Bonchev–Trinajstić information content (AvgIpc) is 2.17. The Hall–Kier alpha value is -0.840. The minimum atomic E-state index is 0.238. The van der Waals surface area contributed by atoms with Crippen molar-refractivity contribution in [1.82, 2.24) is 5.32 Å². The van der Waals surface area contributed by atoms with Gasteiger partial charge in [0.25, 0.3) is 0 Å². The molecule has 1 aromatic rings. The van der Waals surface area contributed by atoms with Crippen LogP contribution in [0, 0.1) is 0 Å². The van der Waals surface area contributed by atoms with E-state index < -0.39 is 0 Å². The van der Waals surface area contributed by atoms with E-state index in [9.17, 15) is 5.21 Å². The normalized spacial score (nSPS) is 9.46. The van der Waals surface area contributed by atoms with Crippen LogP contribution in [-0.4, -0.2) is 17.4 Å². The fourth-order valence-electron chi connectivity index (χ4n) is 0.805. The predicted octanol–water partition coefficient (Wildman–Crippen LogP) is 2.04. The van der Waals surface area contributed by atoms with Crippen molar-refractivity contribution in [3.63, 3.8) is 0 Å². The molecule has 0 aliphatic carbocycles. The third-order valence-electron chi connectivity index (χ3n) is 1.48. The van der Waals surface area contributed by atoms with Crippen LogP contribution in [0.5, 0.6) is 0 Å². The van der Waals surface area contributed by atoms with Gasteiger partial charge in [0.15, 0.2) is 5.11 Å². The first kappa shape index (κ1) is 10.2. The number of hydroxylamine groups is 1. The Morgan fingerprint density at radius 2 is 2.00 bits per heavy atom. The van der Waals surface area contributed by atoms with Crippen molar-refractivity contribution in [2.75, 3.05) is 12.1 Å². The Labute approximate surface area is 86.9 Å². The van der Waals surface area contributed by atoms with Gasteiger partial charge in [-0.25, -0.2) is 0 Å². The van der Waals surface area contributed by atoms with Crippen molar-refractivity contribution >= 4 is 34.6 Å². The summed E-state index contributed by atoms with van der Waals surface area (Å²) in [5.74, 6) is 0. The van der Waals surface area contributed by atoms with Crippen molar-refractivity contribution in [3.8, 4) is 0 Å². The highest BCUT2D eigenvalue weighted by atomic mass is 35.5. The van der Waals surface area contributed by atoms with Crippen molar-refractivity contribution in [3.05, 3.63) is 29.3 Å². The van der Waals surface area contributed by atoms with Crippen LogP contribution in [0.2, 0.25) is 5.02 Å². The van der Waals surface area contributed by atoms with Crippen LogP contribution in [0.1, 0.15) is 0 Å². The molecule has 0 saturated heterocycles. The van der Waals surface area contributed by atoms with Crippen LogP contribution in [0.3, 0.4) is 0 Å². The van der Waals surface area contributed by atoms with Crippen LogP contribution in [0.15, 0.2) is 24.3 Å². The lowest BCUT2D eigenvalue weighted by Crippen LogP contribution is -2.34. The lowest BCUT2D eigenvalue weighted by molar-refractivity contribution is 0.311. The van der Waals surface area contributed by atoms with Gasteiger partial charge in [0, 0.05) is 12.1 Å². The van der Waals surface area contributed by atoms with E-state index in [4.69, 9.17) is 23.8 Å². The van der Waals surface area contributed by atoms with Gasteiger partial charge in [-0.05, 0) is 36.5 Å². The lowest BCUT2D eigenvalue weighted by atomic mass is 10.3. The minimum absolute atomic E-state index is 0.238. The molecule has 2 N–H and O–H groups in total. The molecular formula is C8H9ClN2OS. The quantitative estimate of drug-likeness (QED) is 0.556. The summed E-state index contributed by atoms with van der Waals surface area (Å²) in [5.41, 5.74) is 0.573. The van der Waals surface area contributed by atoms with Gasteiger partial charge in [-0.2, -0.15) is 5.06 Å². The van der Waals surface area contributed by atoms with Crippen LogP contribution in [0.4, 0.5) is 5.69 Å². The molecule has 3 nitrogen and oxygen atoms in total. The van der Waals surface area contributed by atoms with Gasteiger partial charge in [0.2, 0.25) is 0 Å². The standard InChI is InChI=1S/C8H9ClN2OS/c1-10-8(13)11(12)7-4-2-6(9)3-5-7/h2-5,12H,1H3,(H,10,13). The molecule has 0 atom stereocenters. The smallest absolute Gasteiger partial charge is 0.197 e. The van der Waals surface area contributed by atoms with Gasteiger partial charge in [-0.3, -0.25) is 5.21 Å². The van der Waals surface area contributed by atoms with Gasteiger partial charge >= 0.3 is 0 Å². The molecular weight excluding hydrogens is 208 g/mol. The van der Waals surface area contributed by atoms with E-state index >= 15 is 0 Å². The largest absolute Gasteiger partial charge is 0.364 e. The summed E-state index contributed by atoms with van der Waals surface area (Å²) in [7, 11) is 1.64. The monoisotopic (exact) mass is 216 g/mol. The van der Waals surface area contributed by atoms with Crippen molar-refractivity contribution in [2.24, 2.45) is 0 Å². The van der Waals surface area contributed by atoms with E-state index in [1.54, 1.807) is 31.3 Å². The molecule has 0 radical (unpaired) electrons. The Morgan fingerprint density at radius 1 is 1.46 bits per heavy atom. The zero-order valence-electron chi connectivity index (χ0n) is 6.99. The molecule has 5 heteroatoms. The van der Waals surface area contributed by atoms with Crippen LogP contribution < -0.4 is 10.4 Å². The highest BCUT2D eigenvalue weighted by molar-refractivity contribution is 7.80. The van der Waals surface area contributed by atoms with Crippen LogP contribution in [0.25, 0.3) is 0 Å². The Bertz CT molecular complexity index is 302. The molecule has 0 aliphatic rings. The first-order valence-electron chi connectivity index (χ1n) is 3.61. The van der Waals surface area contributed by atoms with E-state index in [2.05, 4.69) is 5.32 Å². The van der Waals surface area contributed by atoms with Gasteiger partial charge in [0.05, 0.1) is 5.69 Å². The fourth-order valence-corrected chi connectivity index (χ4v) is 1.04. The number of thiocarbonyl (C=S) groups is 1. The van der Waals surface area contributed by atoms with E-state index in [1.807, 2.05) is 0 Å². The van der Waals surface area contributed by atoms with E-state index in [0.717, 1.165) is 5.06 Å². The maximum Gasteiger partial charge on any atom is 0.197 e. The van der Waals surface area contributed by atoms with Crippen LogP contribution >= 0.6 is 23.8 Å². The van der Waals surface area contributed by atoms with E-state index in [1.165, 1.54) is 0 Å². The molecule has 0 spiro atoms. The zero-order chi connectivity index (χ0) is 9.84. The molecule has 0 heterocycles. The molecule has 0 saturated carbocycles. The van der Waals surface area contributed by atoms with Gasteiger partial charge in [0.1, 0.15) is 0 Å². The van der Waals surface area contributed by atoms with Gasteiger partial charge in [-0.1, -0.05) is 11.6 Å². The second-order valence-electron chi connectivity index (χ2n) is 2.34. The number of hydrogen-bond donors (Lipinski definition) is 2.